The van der Waals surface area contributed by atoms with Crippen LogP contribution < -0.4 is 5.32 Å². The van der Waals surface area contributed by atoms with Gasteiger partial charge in [0, 0.05) is 0 Å². The van der Waals surface area contributed by atoms with Crippen LogP contribution in [-0.4, -0.2) is 19.6 Å². The van der Waals surface area contributed by atoms with E-state index in [9.17, 15) is 4.79 Å². The molecule has 0 aliphatic rings. The third-order valence-corrected chi connectivity index (χ3v) is 3.79. The molecule has 0 aliphatic carbocycles. The van der Waals surface area contributed by atoms with E-state index in [2.05, 4.69) is 52.1 Å². The molecule has 0 spiro atoms. The van der Waals surface area contributed by atoms with Gasteiger partial charge in [0.1, 0.15) is 5.54 Å². The van der Waals surface area contributed by atoms with E-state index in [1.54, 1.807) is 0 Å². The van der Waals surface area contributed by atoms with Gasteiger partial charge in [-0.1, -0.05) is 58.9 Å². The Balaban J connectivity index is 3.12. The summed E-state index contributed by atoms with van der Waals surface area (Å²) in [5.74, 6) is 0.203. The van der Waals surface area contributed by atoms with Crippen LogP contribution in [-0.2, 0) is 20.5 Å². The summed E-state index contributed by atoms with van der Waals surface area (Å²) in [6.45, 7) is 13.4. The summed E-state index contributed by atoms with van der Waals surface area (Å²) in [5, 5.41) is 3.35. The zero-order valence-corrected chi connectivity index (χ0v) is 14.4. The number of hydrogen-bond acceptors (Lipinski definition) is 3. The summed E-state index contributed by atoms with van der Waals surface area (Å²) in [6, 6.07) is 8.22. The molecule has 3 heteroatoms. The first kappa shape index (κ1) is 17.7. The van der Waals surface area contributed by atoms with Crippen LogP contribution in [0, 0.1) is 5.92 Å². The monoisotopic (exact) mass is 291 g/mol. The molecule has 0 saturated carbocycles. The number of carbonyl (C=O) groups excluding carboxylic acids is 1. The molecule has 0 heterocycles. The first-order valence-electron chi connectivity index (χ1n) is 7.55. The first-order chi connectivity index (χ1) is 9.61. The fourth-order valence-corrected chi connectivity index (χ4v) is 2.21. The van der Waals surface area contributed by atoms with Crippen molar-refractivity contribution in [2.24, 2.45) is 5.92 Å². The molecule has 3 nitrogen and oxygen atoms in total. The van der Waals surface area contributed by atoms with E-state index in [0.717, 1.165) is 12.1 Å². The van der Waals surface area contributed by atoms with Gasteiger partial charge in [-0.15, -0.1) is 0 Å². The third-order valence-electron chi connectivity index (χ3n) is 3.79. The minimum Gasteiger partial charge on any atom is -0.467 e. The SMILES string of the molecule is COC(=O)C(C)(NCC(C)C)c1ccc(C(C)(C)C)cc1. The normalized spacial score (nSPS) is 14.9. The summed E-state index contributed by atoms with van der Waals surface area (Å²) < 4.78 is 5.00. The van der Waals surface area contributed by atoms with Crippen LogP contribution in [0.4, 0.5) is 0 Å². The summed E-state index contributed by atoms with van der Waals surface area (Å²) in [6.07, 6.45) is 0. The van der Waals surface area contributed by atoms with Crippen molar-refractivity contribution in [2.45, 2.75) is 52.5 Å². The van der Waals surface area contributed by atoms with Crippen molar-refractivity contribution in [1.82, 2.24) is 5.32 Å². The molecule has 0 radical (unpaired) electrons. The number of hydrogen-bond donors (Lipinski definition) is 1. The molecular weight excluding hydrogens is 262 g/mol. The van der Waals surface area contributed by atoms with E-state index in [1.807, 2.05) is 19.1 Å². The van der Waals surface area contributed by atoms with Crippen molar-refractivity contribution < 1.29 is 9.53 Å². The van der Waals surface area contributed by atoms with Crippen molar-refractivity contribution in [3.05, 3.63) is 35.4 Å². The van der Waals surface area contributed by atoms with Gasteiger partial charge < -0.3 is 4.74 Å². The number of esters is 1. The van der Waals surface area contributed by atoms with Gasteiger partial charge >= 0.3 is 5.97 Å². The Kier molecular flexibility index (Phi) is 5.57. The third kappa shape index (κ3) is 4.31. The summed E-state index contributed by atoms with van der Waals surface area (Å²) in [5.41, 5.74) is 1.48. The topological polar surface area (TPSA) is 38.3 Å². The predicted octanol–water partition coefficient (Wildman–Crippen LogP) is 3.62. The smallest absolute Gasteiger partial charge is 0.330 e. The molecule has 0 fully saturated rings. The number of carbonyl (C=O) groups is 1. The molecule has 0 amide bonds. The Morgan fingerprint density at radius 2 is 1.57 bits per heavy atom. The lowest BCUT2D eigenvalue weighted by Gasteiger charge is -2.30. The second kappa shape index (κ2) is 6.61. The number of methoxy groups -OCH3 is 1. The molecule has 118 valence electrons. The Bertz CT molecular complexity index is 471. The minimum absolute atomic E-state index is 0.103. The van der Waals surface area contributed by atoms with Crippen molar-refractivity contribution >= 4 is 5.97 Å². The fraction of sp³-hybridized carbons (Fsp3) is 0.611. The second-order valence-electron chi connectivity index (χ2n) is 7.22. The average molecular weight is 291 g/mol. The van der Waals surface area contributed by atoms with Crippen LogP contribution >= 0.6 is 0 Å². The van der Waals surface area contributed by atoms with E-state index >= 15 is 0 Å². The molecule has 1 aromatic rings. The molecule has 0 aromatic heterocycles. The van der Waals surface area contributed by atoms with E-state index in [4.69, 9.17) is 4.74 Å². The quantitative estimate of drug-likeness (QED) is 0.842. The highest BCUT2D eigenvalue weighted by atomic mass is 16.5. The number of nitrogens with one attached hydrogen (secondary N) is 1. The van der Waals surface area contributed by atoms with Gasteiger partial charge in [-0.05, 0) is 35.9 Å². The van der Waals surface area contributed by atoms with Crippen LogP contribution in [0.5, 0.6) is 0 Å². The van der Waals surface area contributed by atoms with Crippen LogP contribution in [0.25, 0.3) is 0 Å². The van der Waals surface area contributed by atoms with Crippen LogP contribution in [0.1, 0.15) is 52.7 Å². The van der Waals surface area contributed by atoms with Gasteiger partial charge in [-0.3, -0.25) is 5.32 Å². The second-order valence-corrected chi connectivity index (χ2v) is 7.22. The zero-order valence-electron chi connectivity index (χ0n) is 14.4. The van der Waals surface area contributed by atoms with Gasteiger partial charge in [0.15, 0.2) is 0 Å². The maximum atomic E-state index is 12.2. The number of benzene rings is 1. The highest BCUT2D eigenvalue weighted by Gasteiger charge is 2.36. The van der Waals surface area contributed by atoms with Gasteiger partial charge in [-0.25, -0.2) is 4.79 Å². The lowest BCUT2D eigenvalue weighted by molar-refractivity contribution is -0.148. The van der Waals surface area contributed by atoms with E-state index in [-0.39, 0.29) is 11.4 Å². The predicted molar refractivity (Wildman–Crippen MR) is 87.4 cm³/mol. The summed E-state index contributed by atoms with van der Waals surface area (Å²) >= 11 is 0. The average Bonchev–Trinajstić information content (AvgIpc) is 2.43. The molecule has 1 aromatic carbocycles. The summed E-state index contributed by atoms with van der Waals surface area (Å²) in [4.78, 5) is 12.2. The Hall–Kier alpha value is -1.35. The molecule has 1 atom stereocenters. The van der Waals surface area contributed by atoms with Gasteiger partial charge in [0.05, 0.1) is 7.11 Å². The molecule has 0 aliphatic heterocycles. The first-order valence-corrected chi connectivity index (χ1v) is 7.55. The maximum Gasteiger partial charge on any atom is 0.330 e. The maximum absolute atomic E-state index is 12.2. The Morgan fingerprint density at radius 1 is 1.10 bits per heavy atom. The van der Waals surface area contributed by atoms with Gasteiger partial charge in [0.25, 0.3) is 0 Å². The summed E-state index contributed by atoms with van der Waals surface area (Å²) in [7, 11) is 1.43. The van der Waals surface area contributed by atoms with Gasteiger partial charge in [-0.2, -0.15) is 0 Å². The van der Waals surface area contributed by atoms with Crippen molar-refractivity contribution in [1.29, 1.82) is 0 Å². The molecule has 1 rings (SSSR count). The standard InChI is InChI=1S/C18H29NO2/c1-13(2)12-19-18(6,16(20)21-7)15-10-8-14(9-11-15)17(3,4)5/h8-11,13,19H,12H2,1-7H3. The molecule has 0 saturated heterocycles. The van der Waals surface area contributed by atoms with Crippen LogP contribution in [0.2, 0.25) is 0 Å². The minimum atomic E-state index is -0.810. The number of ether oxygens (including phenoxy) is 1. The van der Waals surface area contributed by atoms with E-state index < -0.39 is 5.54 Å². The van der Waals surface area contributed by atoms with Crippen molar-refractivity contribution in [3.8, 4) is 0 Å². The highest BCUT2D eigenvalue weighted by molar-refractivity contribution is 5.82. The highest BCUT2D eigenvalue weighted by Crippen LogP contribution is 2.27. The molecular formula is C18H29NO2. The van der Waals surface area contributed by atoms with Crippen LogP contribution in [0.15, 0.2) is 24.3 Å². The largest absolute Gasteiger partial charge is 0.467 e. The zero-order chi connectivity index (χ0) is 16.3. The number of rotatable bonds is 5. The molecule has 1 N–H and O–H groups in total. The van der Waals surface area contributed by atoms with Gasteiger partial charge in [0.2, 0.25) is 0 Å². The molecule has 21 heavy (non-hydrogen) atoms. The van der Waals surface area contributed by atoms with E-state index in [0.29, 0.717) is 5.92 Å². The van der Waals surface area contributed by atoms with Crippen molar-refractivity contribution in [2.75, 3.05) is 13.7 Å². The molecule has 1 unspecified atom stereocenters. The lowest BCUT2D eigenvalue weighted by atomic mass is 9.84. The van der Waals surface area contributed by atoms with Crippen molar-refractivity contribution in [3.63, 3.8) is 0 Å². The lowest BCUT2D eigenvalue weighted by Crippen LogP contribution is -2.48. The molecule has 0 bridgehead atoms. The fourth-order valence-electron chi connectivity index (χ4n) is 2.21. The Labute approximate surface area is 129 Å². The Morgan fingerprint density at radius 3 is 1.95 bits per heavy atom. The van der Waals surface area contributed by atoms with E-state index in [1.165, 1.54) is 12.7 Å². The van der Waals surface area contributed by atoms with Crippen LogP contribution in [0.3, 0.4) is 0 Å².